The lowest BCUT2D eigenvalue weighted by atomic mass is 10.1. The zero-order valence-corrected chi connectivity index (χ0v) is 14.5. The van der Waals surface area contributed by atoms with Gasteiger partial charge in [-0.2, -0.15) is 5.10 Å². The molecule has 0 unspecified atom stereocenters. The van der Waals surface area contributed by atoms with Crippen LogP contribution in [0.25, 0.3) is 0 Å². The highest BCUT2D eigenvalue weighted by molar-refractivity contribution is 6.21. The van der Waals surface area contributed by atoms with Gasteiger partial charge in [0, 0.05) is 6.54 Å². The van der Waals surface area contributed by atoms with Crippen molar-refractivity contribution in [1.82, 2.24) is 4.90 Å². The quantitative estimate of drug-likeness (QED) is 0.252. The number of rotatable bonds is 7. The molecule has 0 saturated heterocycles. The predicted octanol–water partition coefficient (Wildman–Crippen LogP) is 1.36. The third-order valence-corrected chi connectivity index (χ3v) is 3.93. The van der Waals surface area contributed by atoms with Crippen LogP contribution < -0.4 is 16.2 Å². The van der Waals surface area contributed by atoms with Gasteiger partial charge in [0.25, 0.3) is 11.8 Å². The van der Waals surface area contributed by atoms with Crippen LogP contribution in [-0.4, -0.2) is 42.0 Å². The molecule has 0 spiro atoms. The van der Waals surface area contributed by atoms with E-state index >= 15 is 0 Å². The lowest BCUT2D eigenvalue weighted by Gasteiger charge is -2.14. The minimum atomic E-state index is -0.250. The highest BCUT2D eigenvalue weighted by Crippen LogP contribution is 2.22. The Hall–Kier alpha value is -3.68. The van der Waals surface area contributed by atoms with Gasteiger partial charge in [0.15, 0.2) is 0 Å². The molecule has 2 aromatic carbocycles. The molecule has 8 heteroatoms. The molecule has 2 amide bonds. The van der Waals surface area contributed by atoms with E-state index in [0.717, 1.165) is 5.56 Å². The number of guanidine groups is 1. The molecule has 0 aliphatic carbocycles. The minimum absolute atomic E-state index is 0.107. The summed E-state index contributed by atoms with van der Waals surface area (Å²) in [6.07, 6.45) is 2.06. The molecule has 0 fully saturated rings. The normalized spacial score (nSPS) is 13.1. The Morgan fingerprint density at radius 1 is 1.00 bits per heavy atom. The fraction of sp³-hybridized carbons (Fsp3) is 0.158. The summed E-state index contributed by atoms with van der Waals surface area (Å²) >= 11 is 0. The van der Waals surface area contributed by atoms with Crippen molar-refractivity contribution < 1.29 is 14.3 Å². The first-order valence-corrected chi connectivity index (χ1v) is 8.36. The Labute approximate surface area is 156 Å². The van der Waals surface area contributed by atoms with E-state index < -0.39 is 0 Å². The van der Waals surface area contributed by atoms with Gasteiger partial charge in [-0.3, -0.25) is 14.5 Å². The van der Waals surface area contributed by atoms with Gasteiger partial charge in [-0.15, -0.1) is 5.10 Å². The number of imide groups is 1. The van der Waals surface area contributed by atoms with Crippen molar-refractivity contribution in [1.29, 1.82) is 0 Å². The SMILES string of the molecule is NC(N)=NN=Cc1ccc(OCCCN2C(=O)c3ccccc3C2=O)cc1. The Balaban J connectivity index is 1.47. The van der Waals surface area contributed by atoms with Gasteiger partial charge in [-0.05, 0) is 48.4 Å². The molecule has 1 heterocycles. The van der Waals surface area contributed by atoms with Crippen molar-refractivity contribution in [2.45, 2.75) is 6.42 Å². The summed E-state index contributed by atoms with van der Waals surface area (Å²) in [4.78, 5) is 25.8. The van der Waals surface area contributed by atoms with Crippen molar-refractivity contribution >= 4 is 24.0 Å². The van der Waals surface area contributed by atoms with Crippen LogP contribution in [0.15, 0.2) is 58.7 Å². The van der Waals surface area contributed by atoms with E-state index in [1.807, 2.05) is 12.1 Å². The molecular weight excluding hydrogens is 346 g/mol. The summed E-state index contributed by atoms with van der Waals surface area (Å²) in [5, 5.41) is 7.24. The van der Waals surface area contributed by atoms with E-state index in [1.165, 1.54) is 11.1 Å². The van der Waals surface area contributed by atoms with Crippen molar-refractivity contribution in [2.24, 2.45) is 21.7 Å². The highest BCUT2D eigenvalue weighted by atomic mass is 16.5. The largest absolute Gasteiger partial charge is 0.494 e. The predicted molar refractivity (Wildman–Crippen MR) is 102 cm³/mol. The van der Waals surface area contributed by atoms with Crippen LogP contribution in [0.3, 0.4) is 0 Å². The Bertz CT molecular complexity index is 867. The van der Waals surface area contributed by atoms with Crippen LogP contribution in [0.5, 0.6) is 5.75 Å². The molecule has 3 rings (SSSR count). The second-order valence-electron chi connectivity index (χ2n) is 5.85. The van der Waals surface area contributed by atoms with Gasteiger partial charge in [0.2, 0.25) is 5.96 Å². The first-order chi connectivity index (χ1) is 13.1. The Kier molecular flexibility index (Phi) is 5.46. The Morgan fingerprint density at radius 3 is 2.22 bits per heavy atom. The van der Waals surface area contributed by atoms with Crippen molar-refractivity contribution in [2.75, 3.05) is 13.2 Å². The highest BCUT2D eigenvalue weighted by Gasteiger charge is 2.34. The number of ether oxygens (including phenoxy) is 1. The van der Waals surface area contributed by atoms with E-state index in [9.17, 15) is 9.59 Å². The van der Waals surface area contributed by atoms with E-state index in [1.54, 1.807) is 36.4 Å². The van der Waals surface area contributed by atoms with E-state index in [0.29, 0.717) is 36.4 Å². The van der Waals surface area contributed by atoms with Crippen LogP contribution in [0.2, 0.25) is 0 Å². The summed E-state index contributed by atoms with van der Waals surface area (Å²) in [6.45, 7) is 0.699. The zero-order chi connectivity index (χ0) is 19.2. The lowest BCUT2D eigenvalue weighted by molar-refractivity contribution is 0.0647. The zero-order valence-electron chi connectivity index (χ0n) is 14.5. The number of fused-ring (bicyclic) bond motifs is 1. The average Bonchev–Trinajstić information content (AvgIpc) is 2.91. The molecule has 2 aromatic rings. The molecular formula is C19H19N5O3. The number of nitrogens with zero attached hydrogens (tertiary/aromatic N) is 3. The second-order valence-corrected chi connectivity index (χ2v) is 5.85. The topological polar surface area (TPSA) is 123 Å². The lowest BCUT2D eigenvalue weighted by Crippen LogP contribution is -2.31. The van der Waals surface area contributed by atoms with Gasteiger partial charge >= 0.3 is 0 Å². The summed E-state index contributed by atoms with van der Waals surface area (Å²) < 4.78 is 5.65. The van der Waals surface area contributed by atoms with Crippen LogP contribution in [0.4, 0.5) is 0 Å². The number of carbonyl (C=O) groups is 2. The molecule has 0 bridgehead atoms. The molecule has 0 atom stereocenters. The summed E-state index contributed by atoms with van der Waals surface area (Å²) in [5.74, 6) is 0.0700. The first kappa shape index (κ1) is 18.1. The van der Waals surface area contributed by atoms with Crippen LogP contribution in [0, 0.1) is 0 Å². The number of hydrogen-bond donors (Lipinski definition) is 2. The third-order valence-electron chi connectivity index (χ3n) is 3.93. The molecule has 0 aromatic heterocycles. The first-order valence-electron chi connectivity index (χ1n) is 8.36. The molecule has 27 heavy (non-hydrogen) atoms. The number of carbonyl (C=O) groups excluding carboxylic acids is 2. The molecule has 1 aliphatic heterocycles. The Morgan fingerprint density at radius 2 is 1.63 bits per heavy atom. The van der Waals surface area contributed by atoms with E-state index in [4.69, 9.17) is 16.2 Å². The van der Waals surface area contributed by atoms with E-state index in [-0.39, 0.29) is 17.8 Å². The van der Waals surface area contributed by atoms with Gasteiger partial charge in [0.1, 0.15) is 5.75 Å². The molecule has 138 valence electrons. The number of nitrogens with two attached hydrogens (primary N) is 2. The van der Waals surface area contributed by atoms with Crippen LogP contribution >= 0.6 is 0 Å². The standard InChI is InChI=1S/C19H19N5O3/c20-19(21)23-22-12-13-6-8-14(9-7-13)27-11-3-10-24-17(25)15-4-1-2-5-16(15)18(24)26/h1-2,4-9,12H,3,10-11H2,(H4,20,21,23). The fourth-order valence-electron chi connectivity index (χ4n) is 2.67. The third kappa shape index (κ3) is 4.30. The molecule has 0 radical (unpaired) electrons. The number of benzene rings is 2. The van der Waals surface area contributed by atoms with Crippen molar-refractivity contribution in [3.05, 3.63) is 65.2 Å². The fourth-order valence-corrected chi connectivity index (χ4v) is 2.67. The monoisotopic (exact) mass is 365 g/mol. The maximum atomic E-state index is 12.3. The van der Waals surface area contributed by atoms with Crippen molar-refractivity contribution in [3.8, 4) is 5.75 Å². The summed E-state index contributed by atoms with van der Waals surface area (Å²) in [7, 11) is 0. The minimum Gasteiger partial charge on any atom is -0.494 e. The molecule has 1 aliphatic rings. The van der Waals surface area contributed by atoms with Gasteiger partial charge in [-0.1, -0.05) is 12.1 Å². The molecule has 4 N–H and O–H groups in total. The summed E-state index contributed by atoms with van der Waals surface area (Å²) in [6, 6.07) is 14.0. The van der Waals surface area contributed by atoms with Crippen molar-refractivity contribution in [3.63, 3.8) is 0 Å². The maximum absolute atomic E-state index is 12.3. The van der Waals surface area contributed by atoms with Crippen LogP contribution in [0.1, 0.15) is 32.7 Å². The van der Waals surface area contributed by atoms with Gasteiger partial charge in [-0.25, -0.2) is 0 Å². The van der Waals surface area contributed by atoms with E-state index in [2.05, 4.69) is 10.2 Å². The number of hydrogen-bond acceptors (Lipinski definition) is 5. The summed E-state index contributed by atoms with van der Waals surface area (Å²) in [5.41, 5.74) is 12.1. The number of amides is 2. The average molecular weight is 365 g/mol. The second kappa shape index (κ2) is 8.13. The van der Waals surface area contributed by atoms with Gasteiger partial charge < -0.3 is 16.2 Å². The molecule has 0 saturated carbocycles. The van der Waals surface area contributed by atoms with Crippen LogP contribution in [-0.2, 0) is 0 Å². The maximum Gasteiger partial charge on any atom is 0.261 e. The molecule has 8 nitrogen and oxygen atoms in total. The smallest absolute Gasteiger partial charge is 0.261 e. The van der Waals surface area contributed by atoms with Gasteiger partial charge in [0.05, 0.1) is 23.9 Å².